The zero-order valence-electron chi connectivity index (χ0n) is 23.7. The van der Waals surface area contributed by atoms with E-state index in [1.165, 1.54) is 29.7 Å². The number of rotatable bonds is 8. The summed E-state index contributed by atoms with van der Waals surface area (Å²) in [5.74, 6) is -3.05. The number of aryl methyl sites for hydroxylation is 4. The second-order valence-corrected chi connectivity index (χ2v) is 11.6. The second kappa shape index (κ2) is 12.2. The number of hydrogen-bond acceptors (Lipinski definition) is 0. The van der Waals surface area contributed by atoms with Crippen molar-refractivity contribution in [1.82, 2.24) is 0 Å². The van der Waals surface area contributed by atoms with Crippen molar-refractivity contribution >= 4 is 10.8 Å². The molecule has 0 atom stereocenters. The zero-order chi connectivity index (χ0) is 28.4. The van der Waals surface area contributed by atoms with E-state index >= 15 is 17.6 Å². The average Bonchev–Trinajstić information content (AvgIpc) is 2.96. The molecule has 210 valence electrons. The summed E-state index contributed by atoms with van der Waals surface area (Å²) >= 11 is 0. The molecule has 0 spiro atoms. The fourth-order valence-corrected chi connectivity index (χ4v) is 6.50. The Balaban J connectivity index is 1.42. The van der Waals surface area contributed by atoms with Gasteiger partial charge in [0, 0.05) is 11.1 Å². The summed E-state index contributed by atoms with van der Waals surface area (Å²) < 4.78 is 61.9. The summed E-state index contributed by atoms with van der Waals surface area (Å²) in [5.41, 5.74) is 4.47. The zero-order valence-corrected chi connectivity index (χ0v) is 23.7. The highest BCUT2D eigenvalue weighted by Gasteiger charge is 2.28. The van der Waals surface area contributed by atoms with Gasteiger partial charge in [-0.25, -0.2) is 17.6 Å². The van der Waals surface area contributed by atoms with E-state index < -0.39 is 28.7 Å². The van der Waals surface area contributed by atoms with Gasteiger partial charge in [0.1, 0.15) is 11.6 Å². The molecule has 4 aromatic carbocycles. The van der Waals surface area contributed by atoms with Crippen LogP contribution in [0.2, 0.25) is 0 Å². The van der Waals surface area contributed by atoms with Crippen LogP contribution in [0.5, 0.6) is 0 Å². The smallest absolute Gasteiger partial charge is 0.169 e. The molecule has 0 saturated heterocycles. The Labute approximate surface area is 235 Å². The maximum atomic E-state index is 15.8. The first kappa shape index (κ1) is 28.4. The largest absolute Gasteiger partial charge is 0.206 e. The topological polar surface area (TPSA) is 0 Å². The van der Waals surface area contributed by atoms with E-state index in [1.54, 1.807) is 18.2 Å². The maximum Gasteiger partial charge on any atom is 0.169 e. The molecule has 0 N–H and O–H groups in total. The quantitative estimate of drug-likeness (QED) is 0.193. The van der Waals surface area contributed by atoms with Crippen molar-refractivity contribution in [1.29, 1.82) is 0 Å². The molecule has 1 saturated carbocycles. The van der Waals surface area contributed by atoms with E-state index in [0.29, 0.717) is 23.3 Å². The Bertz CT molecular complexity index is 1490. The standard InChI is InChI=1S/C36H38F4/c1-4-6-24-11-14-26(15-12-24)30-20-28-17-18-29(34(38)33(28)36(40)35(30)39)31-19-22(3)27(21-32(31)37)16-13-25-9-7-23(5-2)8-10-25/h7-10,17-21,24,26H,4-6,11-16H2,1-3H3. The lowest BCUT2D eigenvalue weighted by molar-refractivity contribution is 0.303. The molecule has 1 aliphatic rings. The predicted molar refractivity (Wildman–Crippen MR) is 157 cm³/mol. The Morgan fingerprint density at radius 1 is 0.700 bits per heavy atom. The predicted octanol–water partition coefficient (Wildman–Crippen LogP) is 10.8. The Hall–Kier alpha value is -3.14. The molecule has 40 heavy (non-hydrogen) atoms. The molecule has 1 fully saturated rings. The molecule has 4 heteroatoms. The lowest BCUT2D eigenvalue weighted by atomic mass is 9.76. The maximum absolute atomic E-state index is 15.8. The Morgan fingerprint density at radius 3 is 2.08 bits per heavy atom. The van der Waals surface area contributed by atoms with Crippen LogP contribution in [0, 0.1) is 36.1 Å². The summed E-state index contributed by atoms with van der Waals surface area (Å²) in [4.78, 5) is 0. The molecule has 0 amide bonds. The van der Waals surface area contributed by atoms with Crippen LogP contribution in [0.4, 0.5) is 17.6 Å². The minimum Gasteiger partial charge on any atom is -0.206 e. The average molecular weight is 547 g/mol. The minimum atomic E-state index is -1.18. The van der Waals surface area contributed by atoms with Crippen molar-refractivity contribution in [2.24, 2.45) is 5.92 Å². The van der Waals surface area contributed by atoms with Crippen molar-refractivity contribution in [3.8, 4) is 11.1 Å². The highest BCUT2D eigenvalue weighted by Crippen LogP contribution is 2.42. The fourth-order valence-electron chi connectivity index (χ4n) is 6.50. The van der Waals surface area contributed by atoms with Gasteiger partial charge in [0.25, 0.3) is 0 Å². The van der Waals surface area contributed by atoms with Crippen LogP contribution < -0.4 is 0 Å². The lowest BCUT2D eigenvalue weighted by Gasteiger charge is -2.29. The van der Waals surface area contributed by atoms with Gasteiger partial charge in [0.15, 0.2) is 11.6 Å². The third-order valence-electron chi connectivity index (χ3n) is 8.96. The summed E-state index contributed by atoms with van der Waals surface area (Å²) in [7, 11) is 0. The van der Waals surface area contributed by atoms with Crippen LogP contribution in [0.25, 0.3) is 21.9 Å². The van der Waals surface area contributed by atoms with Crippen molar-refractivity contribution in [3.63, 3.8) is 0 Å². The second-order valence-electron chi connectivity index (χ2n) is 11.6. The first-order valence-electron chi connectivity index (χ1n) is 14.8. The molecular formula is C36H38F4. The molecule has 0 radical (unpaired) electrons. The van der Waals surface area contributed by atoms with E-state index in [0.717, 1.165) is 56.1 Å². The van der Waals surface area contributed by atoms with Crippen LogP contribution >= 0.6 is 0 Å². The molecule has 0 nitrogen and oxygen atoms in total. The van der Waals surface area contributed by atoms with Crippen LogP contribution in [0.15, 0.2) is 54.6 Å². The first-order valence-corrected chi connectivity index (χ1v) is 14.8. The summed E-state index contributed by atoms with van der Waals surface area (Å²) in [5, 5.41) is -0.0938. The normalized spacial score (nSPS) is 17.5. The highest BCUT2D eigenvalue weighted by atomic mass is 19.2. The number of halogens is 4. The van der Waals surface area contributed by atoms with Crippen molar-refractivity contribution in [3.05, 3.63) is 106 Å². The van der Waals surface area contributed by atoms with Crippen LogP contribution in [-0.2, 0) is 19.3 Å². The monoisotopic (exact) mass is 546 g/mol. The van der Waals surface area contributed by atoms with Crippen LogP contribution in [0.3, 0.4) is 0 Å². The number of hydrogen-bond donors (Lipinski definition) is 0. The van der Waals surface area contributed by atoms with Gasteiger partial charge in [-0.05, 0) is 115 Å². The van der Waals surface area contributed by atoms with Crippen molar-refractivity contribution < 1.29 is 17.6 Å². The van der Waals surface area contributed by atoms with Gasteiger partial charge in [-0.1, -0.05) is 63.1 Å². The number of benzene rings is 4. The molecule has 0 bridgehead atoms. The van der Waals surface area contributed by atoms with Gasteiger partial charge in [0.05, 0.1) is 5.39 Å². The Morgan fingerprint density at radius 2 is 1.40 bits per heavy atom. The van der Waals surface area contributed by atoms with Crippen LogP contribution in [0.1, 0.15) is 86.1 Å². The molecule has 5 rings (SSSR count). The molecule has 4 aromatic rings. The molecule has 1 aliphatic carbocycles. The van der Waals surface area contributed by atoms with Gasteiger partial charge in [0.2, 0.25) is 0 Å². The van der Waals surface area contributed by atoms with E-state index in [4.69, 9.17) is 0 Å². The SMILES string of the molecule is CCCC1CCC(c2cc3ccc(-c4cc(C)c(CCc5ccc(CC)cc5)cc4F)c(F)c3c(F)c2F)CC1. The van der Waals surface area contributed by atoms with Gasteiger partial charge >= 0.3 is 0 Å². The van der Waals surface area contributed by atoms with Crippen molar-refractivity contribution in [2.45, 2.75) is 84.5 Å². The fraction of sp³-hybridized carbons (Fsp3) is 0.389. The lowest BCUT2D eigenvalue weighted by Crippen LogP contribution is -2.15. The Kier molecular flexibility index (Phi) is 8.63. The van der Waals surface area contributed by atoms with E-state index in [9.17, 15) is 0 Å². The first-order chi connectivity index (χ1) is 19.3. The van der Waals surface area contributed by atoms with Crippen LogP contribution in [-0.4, -0.2) is 0 Å². The summed E-state index contributed by atoms with van der Waals surface area (Å²) in [6.45, 7) is 6.16. The summed E-state index contributed by atoms with van der Waals surface area (Å²) in [6, 6.07) is 16.2. The molecule has 0 heterocycles. The highest BCUT2D eigenvalue weighted by molar-refractivity contribution is 5.89. The third-order valence-corrected chi connectivity index (χ3v) is 8.96. The van der Waals surface area contributed by atoms with E-state index in [2.05, 4.69) is 38.1 Å². The van der Waals surface area contributed by atoms with Gasteiger partial charge in [-0.15, -0.1) is 0 Å². The molecule has 0 aliphatic heterocycles. The van der Waals surface area contributed by atoms with E-state index in [1.807, 2.05) is 6.92 Å². The number of fused-ring (bicyclic) bond motifs is 1. The van der Waals surface area contributed by atoms with Crippen molar-refractivity contribution in [2.75, 3.05) is 0 Å². The van der Waals surface area contributed by atoms with Gasteiger partial charge in [-0.3, -0.25) is 0 Å². The third kappa shape index (κ3) is 5.68. The minimum absolute atomic E-state index is 0.0547. The van der Waals surface area contributed by atoms with Gasteiger partial charge in [-0.2, -0.15) is 0 Å². The van der Waals surface area contributed by atoms with Gasteiger partial charge < -0.3 is 0 Å². The summed E-state index contributed by atoms with van der Waals surface area (Å²) in [6.07, 6.45) is 8.33. The molecule has 0 aromatic heterocycles. The van der Waals surface area contributed by atoms with E-state index in [-0.39, 0.29) is 17.0 Å². The molecule has 0 unspecified atom stereocenters. The molecular weight excluding hydrogens is 508 g/mol.